The molecule has 1 aromatic rings. The van der Waals surface area contributed by atoms with Gasteiger partial charge in [-0.3, -0.25) is 9.59 Å². The lowest BCUT2D eigenvalue weighted by Crippen LogP contribution is -2.41. The average Bonchev–Trinajstić information content (AvgIpc) is 3.42. The van der Waals surface area contributed by atoms with Crippen LogP contribution >= 0.6 is 0 Å². The van der Waals surface area contributed by atoms with Crippen molar-refractivity contribution in [3.05, 3.63) is 48.0 Å². The summed E-state index contributed by atoms with van der Waals surface area (Å²) < 4.78 is 11.7. The van der Waals surface area contributed by atoms with Gasteiger partial charge in [0.05, 0.1) is 18.6 Å². The molecule has 4 aliphatic rings. The Kier molecular flexibility index (Phi) is 3.67. The van der Waals surface area contributed by atoms with Gasteiger partial charge in [0, 0.05) is 6.04 Å². The fourth-order valence-electron chi connectivity index (χ4n) is 5.15. The highest BCUT2D eigenvalue weighted by Crippen LogP contribution is 2.53. The lowest BCUT2D eigenvalue weighted by molar-refractivity contribution is -0.155. The minimum Gasteiger partial charge on any atom is -0.460 e. The topological polar surface area (TPSA) is 55.8 Å². The van der Waals surface area contributed by atoms with Gasteiger partial charge in [0.15, 0.2) is 0 Å². The van der Waals surface area contributed by atoms with Gasteiger partial charge >= 0.3 is 5.97 Å². The van der Waals surface area contributed by atoms with Crippen LogP contribution < -0.4 is 0 Å². The molecule has 0 unspecified atom stereocenters. The molecule has 5 rings (SSSR count). The molecule has 0 aromatic heterocycles. The Morgan fingerprint density at radius 3 is 2.77 bits per heavy atom. The highest BCUT2D eigenvalue weighted by atomic mass is 16.6. The minimum atomic E-state index is -0.624. The van der Waals surface area contributed by atoms with E-state index in [2.05, 4.69) is 0 Å². The number of benzene rings is 1. The van der Waals surface area contributed by atoms with Gasteiger partial charge in [-0.2, -0.15) is 0 Å². The van der Waals surface area contributed by atoms with Crippen LogP contribution in [0.1, 0.15) is 31.2 Å². The third kappa shape index (κ3) is 2.33. The number of nitrogens with zero attached hydrogens (tertiary/aromatic N) is 1. The first-order valence-corrected chi connectivity index (χ1v) is 9.56. The van der Waals surface area contributed by atoms with Crippen molar-refractivity contribution in [1.82, 2.24) is 4.90 Å². The lowest BCUT2D eigenvalue weighted by Gasteiger charge is -2.26. The first-order chi connectivity index (χ1) is 12.7. The maximum absolute atomic E-state index is 13.2. The van der Waals surface area contributed by atoms with Crippen LogP contribution in [0.2, 0.25) is 0 Å². The van der Waals surface area contributed by atoms with E-state index in [1.807, 2.05) is 47.4 Å². The number of esters is 1. The number of likely N-dealkylation sites (tertiary alicyclic amines) is 1. The zero-order valence-electron chi connectivity index (χ0n) is 14.7. The van der Waals surface area contributed by atoms with Crippen LogP contribution in [0.3, 0.4) is 0 Å². The van der Waals surface area contributed by atoms with Gasteiger partial charge < -0.3 is 14.4 Å². The summed E-state index contributed by atoms with van der Waals surface area (Å²) in [6.45, 7) is 0.809. The molecule has 1 aromatic carbocycles. The van der Waals surface area contributed by atoms with Gasteiger partial charge in [0.1, 0.15) is 18.1 Å². The maximum Gasteiger partial charge on any atom is 0.313 e. The molecule has 1 aliphatic carbocycles. The zero-order valence-corrected chi connectivity index (χ0v) is 14.7. The maximum atomic E-state index is 13.2. The SMILES string of the molecule is O=C(OCc1ccccc1)[C@@H]1[C@H]2C(=O)N(C3CCCC3)C[C@]23C=C[C@H]1O3. The Hall–Kier alpha value is -2.14. The number of carbonyl (C=O) groups is 2. The number of hydrogen-bond acceptors (Lipinski definition) is 4. The summed E-state index contributed by atoms with van der Waals surface area (Å²) in [5.41, 5.74) is 0.321. The molecule has 4 atom stereocenters. The number of rotatable bonds is 4. The Morgan fingerprint density at radius 2 is 2.00 bits per heavy atom. The molecule has 0 N–H and O–H groups in total. The smallest absolute Gasteiger partial charge is 0.313 e. The third-order valence-corrected chi connectivity index (χ3v) is 6.39. The molecule has 3 heterocycles. The predicted octanol–water partition coefficient (Wildman–Crippen LogP) is 2.45. The van der Waals surface area contributed by atoms with E-state index in [0.717, 1.165) is 18.4 Å². The van der Waals surface area contributed by atoms with Gasteiger partial charge in [-0.25, -0.2) is 0 Å². The second kappa shape index (κ2) is 5.95. The van der Waals surface area contributed by atoms with Crippen molar-refractivity contribution in [2.24, 2.45) is 11.8 Å². The van der Waals surface area contributed by atoms with Crippen molar-refractivity contribution >= 4 is 11.9 Å². The van der Waals surface area contributed by atoms with Crippen molar-refractivity contribution < 1.29 is 19.1 Å². The normalized spacial score (nSPS) is 35.3. The highest BCUT2D eigenvalue weighted by molar-refractivity contribution is 5.91. The van der Waals surface area contributed by atoms with Crippen LogP contribution in [0.15, 0.2) is 42.5 Å². The van der Waals surface area contributed by atoms with Crippen molar-refractivity contribution in [3.63, 3.8) is 0 Å². The highest BCUT2D eigenvalue weighted by Gasteiger charge is 2.67. The Bertz CT molecular complexity index is 755. The van der Waals surface area contributed by atoms with E-state index in [1.165, 1.54) is 12.8 Å². The summed E-state index contributed by atoms with van der Waals surface area (Å²) in [6.07, 6.45) is 8.09. The summed E-state index contributed by atoms with van der Waals surface area (Å²) in [5.74, 6) is -1.20. The molecule has 5 heteroatoms. The first-order valence-electron chi connectivity index (χ1n) is 9.56. The van der Waals surface area contributed by atoms with Crippen molar-refractivity contribution in [2.45, 2.75) is 50.0 Å². The molecular weight excluding hydrogens is 330 g/mol. The standard InChI is InChI=1S/C21H23NO4/c23-19-18-17(20(24)25-12-14-6-2-1-3-7-14)16-10-11-21(18,26-16)13-22(19)15-8-4-5-9-15/h1-3,6-7,10-11,15-18H,4-5,8-9,12-13H2/t16-,17+,18+,21-/m1/s1. The van der Waals surface area contributed by atoms with Crippen LogP contribution in [0.4, 0.5) is 0 Å². The van der Waals surface area contributed by atoms with Crippen LogP contribution in [-0.4, -0.2) is 41.1 Å². The van der Waals surface area contributed by atoms with Gasteiger partial charge in [0.25, 0.3) is 0 Å². The molecule has 3 fully saturated rings. The number of carbonyl (C=O) groups excluding carboxylic acids is 2. The van der Waals surface area contributed by atoms with Crippen LogP contribution in [0.25, 0.3) is 0 Å². The van der Waals surface area contributed by atoms with Crippen molar-refractivity contribution in [1.29, 1.82) is 0 Å². The van der Waals surface area contributed by atoms with Gasteiger partial charge in [-0.15, -0.1) is 0 Å². The van der Waals surface area contributed by atoms with E-state index in [-0.39, 0.29) is 24.6 Å². The fraction of sp³-hybridized carbons (Fsp3) is 0.524. The third-order valence-electron chi connectivity index (χ3n) is 6.39. The van der Waals surface area contributed by atoms with Crippen molar-refractivity contribution in [3.8, 4) is 0 Å². The van der Waals surface area contributed by atoms with Crippen LogP contribution in [-0.2, 0) is 25.7 Å². The average molecular weight is 353 g/mol. The summed E-state index contributed by atoms with van der Waals surface area (Å²) in [7, 11) is 0. The van der Waals surface area contributed by atoms with Gasteiger partial charge in [-0.05, 0) is 18.4 Å². The van der Waals surface area contributed by atoms with Crippen molar-refractivity contribution in [2.75, 3.05) is 6.54 Å². The molecule has 2 saturated heterocycles. The van der Waals surface area contributed by atoms with E-state index >= 15 is 0 Å². The van der Waals surface area contributed by atoms with E-state index in [0.29, 0.717) is 12.6 Å². The van der Waals surface area contributed by atoms with E-state index in [9.17, 15) is 9.59 Å². The lowest BCUT2D eigenvalue weighted by atomic mass is 9.77. The van der Waals surface area contributed by atoms with E-state index < -0.39 is 17.4 Å². The Morgan fingerprint density at radius 1 is 1.23 bits per heavy atom. The molecule has 1 saturated carbocycles. The summed E-state index contributed by atoms with van der Waals surface area (Å²) in [4.78, 5) is 27.9. The molecule has 136 valence electrons. The first kappa shape index (κ1) is 16.1. The monoisotopic (exact) mass is 353 g/mol. The van der Waals surface area contributed by atoms with Crippen LogP contribution in [0.5, 0.6) is 0 Å². The molecule has 1 spiro atoms. The number of ether oxygens (including phenoxy) is 2. The van der Waals surface area contributed by atoms with E-state index in [4.69, 9.17) is 9.47 Å². The molecule has 26 heavy (non-hydrogen) atoms. The summed E-state index contributed by atoms with van der Waals surface area (Å²) >= 11 is 0. The molecule has 0 radical (unpaired) electrons. The number of fused-ring (bicyclic) bond motifs is 1. The summed E-state index contributed by atoms with van der Waals surface area (Å²) in [5, 5.41) is 0. The number of amides is 1. The van der Waals surface area contributed by atoms with Crippen LogP contribution in [0, 0.1) is 11.8 Å². The number of hydrogen-bond donors (Lipinski definition) is 0. The fourth-order valence-corrected chi connectivity index (χ4v) is 5.15. The molecule has 1 amide bonds. The van der Waals surface area contributed by atoms with Gasteiger partial charge in [-0.1, -0.05) is 55.3 Å². The predicted molar refractivity (Wildman–Crippen MR) is 93.9 cm³/mol. The quantitative estimate of drug-likeness (QED) is 0.616. The van der Waals surface area contributed by atoms with E-state index in [1.54, 1.807) is 0 Å². The molecule has 2 bridgehead atoms. The largest absolute Gasteiger partial charge is 0.460 e. The summed E-state index contributed by atoms with van der Waals surface area (Å²) in [6, 6.07) is 9.92. The molecule has 5 nitrogen and oxygen atoms in total. The molecule has 3 aliphatic heterocycles. The minimum absolute atomic E-state index is 0.0745. The zero-order chi connectivity index (χ0) is 17.7. The Labute approximate surface area is 153 Å². The second-order valence-electron chi connectivity index (χ2n) is 7.90. The second-order valence-corrected chi connectivity index (χ2v) is 7.90. The Balaban J connectivity index is 1.34. The van der Waals surface area contributed by atoms with Gasteiger partial charge in [0.2, 0.25) is 5.91 Å². The molecular formula is C21H23NO4.